The predicted octanol–water partition coefficient (Wildman–Crippen LogP) is 2.93. The van der Waals surface area contributed by atoms with Gasteiger partial charge >= 0.3 is 11.8 Å². The minimum atomic E-state index is -0.875. The summed E-state index contributed by atoms with van der Waals surface area (Å²) in [5.74, 6) is -0.703. The molecule has 134 valence electrons. The molecule has 0 aliphatic carbocycles. The number of carbonyl (C=O) groups excluding carboxylic acids is 2. The van der Waals surface area contributed by atoms with Crippen molar-refractivity contribution in [1.29, 1.82) is 5.26 Å². The molecule has 2 rings (SSSR count). The Balaban J connectivity index is 2.10. The quantitative estimate of drug-likeness (QED) is 0.778. The topological polar surface area (TPSA) is 100 Å². The van der Waals surface area contributed by atoms with Crippen LogP contribution in [0.15, 0.2) is 42.5 Å². The van der Waals surface area contributed by atoms with Crippen LogP contribution < -0.4 is 20.1 Å². The molecule has 0 heterocycles. The molecule has 0 aliphatic heterocycles. The fourth-order valence-corrected chi connectivity index (χ4v) is 2.19. The molecule has 7 nitrogen and oxygen atoms in total. The summed E-state index contributed by atoms with van der Waals surface area (Å²) >= 11 is 0. The van der Waals surface area contributed by atoms with Crippen LogP contribution in [-0.4, -0.2) is 25.0 Å². The maximum Gasteiger partial charge on any atom is 0.314 e. The average molecular weight is 353 g/mol. The van der Waals surface area contributed by atoms with E-state index in [4.69, 9.17) is 14.7 Å². The summed E-state index contributed by atoms with van der Waals surface area (Å²) in [5, 5.41) is 13.9. The van der Waals surface area contributed by atoms with E-state index in [0.717, 1.165) is 0 Å². The fraction of sp³-hybridized carbons (Fsp3) is 0.211. The van der Waals surface area contributed by atoms with Gasteiger partial charge in [0.1, 0.15) is 6.07 Å². The highest BCUT2D eigenvalue weighted by Crippen LogP contribution is 2.30. The molecule has 0 spiro atoms. The van der Waals surface area contributed by atoms with Crippen molar-refractivity contribution < 1.29 is 19.1 Å². The van der Waals surface area contributed by atoms with Crippen molar-refractivity contribution in [2.75, 3.05) is 23.8 Å². The second-order valence-electron chi connectivity index (χ2n) is 5.09. The Kier molecular flexibility index (Phi) is 6.57. The Hall–Kier alpha value is -3.53. The van der Waals surface area contributed by atoms with Gasteiger partial charge in [-0.2, -0.15) is 5.26 Å². The van der Waals surface area contributed by atoms with E-state index in [1.807, 2.05) is 19.9 Å². The van der Waals surface area contributed by atoms with Gasteiger partial charge in [0, 0.05) is 11.8 Å². The molecule has 0 fully saturated rings. The summed E-state index contributed by atoms with van der Waals surface area (Å²) < 4.78 is 10.9. The Labute approximate surface area is 151 Å². The van der Waals surface area contributed by atoms with Crippen LogP contribution in [0.4, 0.5) is 11.4 Å². The van der Waals surface area contributed by atoms with Crippen LogP contribution in [-0.2, 0) is 9.59 Å². The highest BCUT2D eigenvalue weighted by Gasteiger charge is 2.16. The van der Waals surface area contributed by atoms with Crippen LogP contribution in [0.25, 0.3) is 0 Å². The zero-order valence-corrected chi connectivity index (χ0v) is 14.5. The zero-order chi connectivity index (χ0) is 18.9. The van der Waals surface area contributed by atoms with Gasteiger partial charge < -0.3 is 20.1 Å². The van der Waals surface area contributed by atoms with Crippen LogP contribution in [0.3, 0.4) is 0 Å². The van der Waals surface area contributed by atoms with E-state index >= 15 is 0 Å². The SMILES string of the molecule is CCOc1ccc(NC(=O)C(=O)Nc2ccccc2C#N)cc1OCC. The third-order valence-corrected chi connectivity index (χ3v) is 3.30. The molecule has 2 aromatic carbocycles. The lowest BCUT2D eigenvalue weighted by molar-refractivity contribution is -0.133. The van der Waals surface area contributed by atoms with Crippen LogP contribution >= 0.6 is 0 Å². The van der Waals surface area contributed by atoms with Gasteiger partial charge in [-0.3, -0.25) is 9.59 Å². The number of amides is 2. The Morgan fingerprint density at radius 3 is 2.31 bits per heavy atom. The molecule has 0 unspecified atom stereocenters. The number of ether oxygens (including phenoxy) is 2. The number of para-hydroxylation sites is 1. The van der Waals surface area contributed by atoms with E-state index in [1.165, 1.54) is 0 Å². The second-order valence-corrected chi connectivity index (χ2v) is 5.09. The lowest BCUT2D eigenvalue weighted by Gasteiger charge is -2.13. The van der Waals surface area contributed by atoms with E-state index < -0.39 is 11.8 Å². The number of hydrogen-bond donors (Lipinski definition) is 2. The summed E-state index contributed by atoms with van der Waals surface area (Å²) in [6.07, 6.45) is 0. The second kappa shape index (κ2) is 9.08. The van der Waals surface area contributed by atoms with Gasteiger partial charge in [-0.15, -0.1) is 0 Å². The first-order valence-corrected chi connectivity index (χ1v) is 8.10. The van der Waals surface area contributed by atoms with Gasteiger partial charge in [-0.25, -0.2) is 0 Å². The molecular formula is C19H19N3O4. The minimum Gasteiger partial charge on any atom is -0.490 e. The van der Waals surface area contributed by atoms with Crippen molar-refractivity contribution in [3.8, 4) is 17.6 Å². The number of nitrogens with zero attached hydrogens (tertiary/aromatic N) is 1. The lowest BCUT2D eigenvalue weighted by atomic mass is 10.2. The summed E-state index contributed by atoms with van der Waals surface area (Å²) in [5.41, 5.74) is 0.941. The smallest absolute Gasteiger partial charge is 0.314 e. The number of nitrogens with one attached hydrogen (secondary N) is 2. The minimum absolute atomic E-state index is 0.272. The van der Waals surface area contributed by atoms with Crippen molar-refractivity contribution in [2.45, 2.75) is 13.8 Å². The first-order chi connectivity index (χ1) is 12.6. The van der Waals surface area contributed by atoms with Gasteiger partial charge in [-0.05, 0) is 38.1 Å². The molecule has 0 radical (unpaired) electrons. The first-order valence-electron chi connectivity index (χ1n) is 8.10. The van der Waals surface area contributed by atoms with E-state index in [-0.39, 0.29) is 11.3 Å². The first kappa shape index (κ1) is 18.8. The van der Waals surface area contributed by atoms with Crippen LogP contribution in [0.2, 0.25) is 0 Å². The fourth-order valence-electron chi connectivity index (χ4n) is 2.19. The third kappa shape index (κ3) is 4.74. The number of anilines is 2. The zero-order valence-electron chi connectivity index (χ0n) is 14.5. The van der Waals surface area contributed by atoms with Gasteiger partial charge in [0.2, 0.25) is 0 Å². The van der Waals surface area contributed by atoms with Crippen LogP contribution in [0.1, 0.15) is 19.4 Å². The molecule has 0 saturated heterocycles. The Bertz CT molecular complexity index is 843. The molecule has 0 aromatic heterocycles. The number of nitriles is 1. The van der Waals surface area contributed by atoms with E-state index in [2.05, 4.69) is 10.6 Å². The molecular weight excluding hydrogens is 334 g/mol. The van der Waals surface area contributed by atoms with Crippen molar-refractivity contribution in [1.82, 2.24) is 0 Å². The number of carbonyl (C=O) groups is 2. The van der Waals surface area contributed by atoms with Crippen LogP contribution in [0.5, 0.6) is 11.5 Å². The molecule has 2 amide bonds. The maximum absolute atomic E-state index is 12.1. The highest BCUT2D eigenvalue weighted by atomic mass is 16.5. The summed E-state index contributed by atoms with van der Waals surface area (Å²) in [6, 6.07) is 13.2. The molecule has 0 saturated carbocycles. The summed E-state index contributed by atoms with van der Waals surface area (Å²) in [6.45, 7) is 4.60. The van der Waals surface area contributed by atoms with Crippen molar-refractivity contribution >= 4 is 23.2 Å². The average Bonchev–Trinajstić information content (AvgIpc) is 2.64. The van der Waals surface area contributed by atoms with Crippen molar-refractivity contribution in [2.24, 2.45) is 0 Å². The molecule has 0 atom stereocenters. The predicted molar refractivity (Wildman–Crippen MR) is 97.2 cm³/mol. The van der Waals surface area contributed by atoms with Crippen LogP contribution in [0, 0.1) is 11.3 Å². The van der Waals surface area contributed by atoms with E-state index in [1.54, 1.807) is 42.5 Å². The van der Waals surface area contributed by atoms with Gasteiger partial charge in [0.15, 0.2) is 11.5 Å². The molecule has 0 aliphatic rings. The number of rotatable bonds is 6. The Morgan fingerprint density at radius 2 is 1.62 bits per heavy atom. The van der Waals surface area contributed by atoms with Gasteiger partial charge in [-0.1, -0.05) is 12.1 Å². The normalized spacial score (nSPS) is 9.73. The lowest BCUT2D eigenvalue weighted by Crippen LogP contribution is -2.29. The third-order valence-electron chi connectivity index (χ3n) is 3.30. The highest BCUT2D eigenvalue weighted by molar-refractivity contribution is 6.43. The maximum atomic E-state index is 12.1. The molecule has 2 aromatic rings. The van der Waals surface area contributed by atoms with Gasteiger partial charge in [0.25, 0.3) is 0 Å². The standard InChI is InChI=1S/C19H19N3O4/c1-3-25-16-10-9-14(11-17(16)26-4-2)21-18(23)19(24)22-15-8-6-5-7-13(15)12-20/h5-11H,3-4H2,1-2H3,(H,21,23)(H,22,24). The molecule has 0 bridgehead atoms. The Morgan fingerprint density at radius 1 is 0.962 bits per heavy atom. The summed E-state index contributed by atoms with van der Waals surface area (Å²) in [7, 11) is 0. The number of hydrogen-bond acceptors (Lipinski definition) is 5. The molecule has 26 heavy (non-hydrogen) atoms. The molecule has 7 heteroatoms. The largest absolute Gasteiger partial charge is 0.490 e. The monoisotopic (exact) mass is 353 g/mol. The molecule has 2 N–H and O–H groups in total. The van der Waals surface area contributed by atoms with Crippen molar-refractivity contribution in [3.05, 3.63) is 48.0 Å². The van der Waals surface area contributed by atoms with E-state index in [9.17, 15) is 9.59 Å². The summed E-state index contributed by atoms with van der Waals surface area (Å²) in [4.78, 5) is 24.2. The van der Waals surface area contributed by atoms with Crippen molar-refractivity contribution in [3.63, 3.8) is 0 Å². The van der Waals surface area contributed by atoms with E-state index in [0.29, 0.717) is 30.4 Å². The van der Waals surface area contributed by atoms with Gasteiger partial charge in [0.05, 0.1) is 24.5 Å². The number of benzene rings is 2.